The van der Waals surface area contributed by atoms with Gasteiger partial charge in [-0.15, -0.1) is 11.3 Å². The number of aromatic carboxylic acids is 1. The predicted molar refractivity (Wildman–Crippen MR) is 86.2 cm³/mol. The zero-order valence-corrected chi connectivity index (χ0v) is 13.7. The first-order valence-corrected chi connectivity index (χ1v) is 7.91. The third kappa shape index (κ3) is 3.39. The number of hydrogen-bond acceptors (Lipinski definition) is 5. The lowest BCUT2D eigenvalue weighted by Gasteiger charge is -2.13. The average Bonchev–Trinajstić information content (AvgIpc) is 2.89. The molecule has 1 heterocycles. The Bertz CT molecular complexity index is 666. The highest BCUT2D eigenvalue weighted by atomic mass is 32.1. The van der Waals surface area contributed by atoms with Crippen LogP contribution in [-0.4, -0.2) is 29.8 Å². The SMILES string of the molecule is CCCCOc1c(OC)cccc1-c1nc(C)c(C(=O)O)s1. The highest BCUT2D eigenvalue weighted by Crippen LogP contribution is 2.40. The van der Waals surface area contributed by atoms with Crippen LogP contribution < -0.4 is 9.47 Å². The number of hydrogen-bond donors (Lipinski definition) is 1. The molecule has 1 aromatic heterocycles. The summed E-state index contributed by atoms with van der Waals surface area (Å²) in [4.78, 5) is 15.8. The summed E-state index contributed by atoms with van der Waals surface area (Å²) in [5.74, 6) is 0.278. The number of ether oxygens (including phenoxy) is 2. The second kappa shape index (κ2) is 7.26. The van der Waals surface area contributed by atoms with Crippen LogP contribution in [0.15, 0.2) is 18.2 Å². The van der Waals surface area contributed by atoms with Gasteiger partial charge in [0.15, 0.2) is 11.5 Å². The molecule has 5 nitrogen and oxygen atoms in total. The van der Waals surface area contributed by atoms with Crippen molar-refractivity contribution in [3.63, 3.8) is 0 Å². The number of benzene rings is 1. The number of carboxylic acids is 1. The van der Waals surface area contributed by atoms with E-state index in [4.69, 9.17) is 9.47 Å². The normalized spacial score (nSPS) is 10.5. The molecule has 2 aromatic rings. The topological polar surface area (TPSA) is 68.7 Å². The predicted octanol–water partition coefficient (Wildman–Crippen LogP) is 4.00. The molecule has 0 fully saturated rings. The van der Waals surface area contributed by atoms with E-state index < -0.39 is 5.97 Å². The van der Waals surface area contributed by atoms with Crippen molar-refractivity contribution in [2.45, 2.75) is 26.7 Å². The summed E-state index contributed by atoms with van der Waals surface area (Å²) >= 11 is 1.15. The fourth-order valence-corrected chi connectivity index (χ4v) is 2.95. The molecule has 0 aliphatic rings. The minimum atomic E-state index is -0.961. The minimum absolute atomic E-state index is 0.248. The van der Waals surface area contributed by atoms with Crippen molar-refractivity contribution in [2.24, 2.45) is 0 Å². The molecule has 6 heteroatoms. The molecule has 0 atom stereocenters. The number of para-hydroxylation sites is 1. The first kappa shape index (κ1) is 16.3. The van der Waals surface area contributed by atoms with Crippen molar-refractivity contribution < 1.29 is 19.4 Å². The van der Waals surface area contributed by atoms with Crippen LogP contribution >= 0.6 is 11.3 Å². The Kier molecular flexibility index (Phi) is 5.38. The summed E-state index contributed by atoms with van der Waals surface area (Å²) in [5, 5.41) is 9.81. The molecule has 2 rings (SSSR count). The summed E-state index contributed by atoms with van der Waals surface area (Å²) in [5.41, 5.74) is 1.27. The van der Waals surface area contributed by atoms with Crippen LogP contribution in [0.5, 0.6) is 11.5 Å². The number of aromatic nitrogens is 1. The van der Waals surface area contributed by atoms with E-state index in [1.165, 1.54) is 0 Å². The number of carbonyl (C=O) groups is 1. The molecule has 0 bridgehead atoms. The van der Waals surface area contributed by atoms with Gasteiger partial charge >= 0.3 is 5.97 Å². The Labute approximate surface area is 133 Å². The Morgan fingerprint density at radius 3 is 2.77 bits per heavy atom. The van der Waals surface area contributed by atoms with Crippen molar-refractivity contribution in [3.8, 4) is 22.1 Å². The third-order valence-electron chi connectivity index (χ3n) is 3.16. The van der Waals surface area contributed by atoms with Gasteiger partial charge in [0.2, 0.25) is 0 Å². The number of unbranched alkanes of at least 4 members (excludes halogenated alkanes) is 1. The van der Waals surface area contributed by atoms with Crippen LogP contribution in [0.4, 0.5) is 0 Å². The molecular formula is C16H19NO4S. The van der Waals surface area contributed by atoms with Gasteiger partial charge in [-0.25, -0.2) is 9.78 Å². The van der Waals surface area contributed by atoms with E-state index in [1.54, 1.807) is 14.0 Å². The van der Waals surface area contributed by atoms with Crippen molar-refractivity contribution in [2.75, 3.05) is 13.7 Å². The van der Waals surface area contributed by atoms with Crippen LogP contribution in [0.1, 0.15) is 35.1 Å². The zero-order valence-electron chi connectivity index (χ0n) is 12.9. The summed E-state index contributed by atoms with van der Waals surface area (Å²) in [6.07, 6.45) is 1.97. The van der Waals surface area contributed by atoms with Gasteiger partial charge in [-0.05, 0) is 25.5 Å². The summed E-state index contributed by atoms with van der Waals surface area (Å²) in [6.45, 7) is 4.37. The Balaban J connectivity index is 2.45. The molecule has 0 aliphatic heterocycles. The molecule has 0 unspecified atom stereocenters. The number of carboxylic acid groups (broad SMARTS) is 1. The lowest BCUT2D eigenvalue weighted by Crippen LogP contribution is -2.00. The van der Waals surface area contributed by atoms with Crippen LogP contribution in [0.2, 0.25) is 0 Å². The van der Waals surface area contributed by atoms with E-state index in [1.807, 2.05) is 18.2 Å². The minimum Gasteiger partial charge on any atom is -0.493 e. The van der Waals surface area contributed by atoms with Crippen LogP contribution in [0.25, 0.3) is 10.6 Å². The van der Waals surface area contributed by atoms with Gasteiger partial charge in [0, 0.05) is 0 Å². The molecule has 0 radical (unpaired) electrons. The zero-order chi connectivity index (χ0) is 16.1. The van der Waals surface area contributed by atoms with E-state index in [-0.39, 0.29) is 4.88 Å². The van der Waals surface area contributed by atoms with Crippen molar-refractivity contribution in [3.05, 3.63) is 28.8 Å². The molecular weight excluding hydrogens is 302 g/mol. The molecule has 118 valence electrons. The highest BCUT2D eigenvalue weighted by Gasteiger charge is 2.19. The second-order valence-corrected chi connectivity index (χ2v) is 5.78. The molecule has 22 heavy (non-hydrogen) atoms. The molecule has 0 spiro atoms. The monoisotopic (exact) mass is 321 g/mol. The van der Waals surface area contributed by atoms with E-state index in [0.29, 0.717) is 28.8 Å². The van der Waals surface area contributed by atoms with Crippen LogP contribution in [0.3, 0.4) is 0 Å². The molecule has 1 aromatic carbocycles. The summed E-state index contributed by atoms with van der Waals surface area (Å²) in [6, 6.07) is 5.54. The smallest absolute Gasteiger partial charge is 0.347 e. The average molecular weight is 321 g/mol. The highest BCUT2D eigenvalue weighted by molar-refractivity contribution is 7.17. The van der Waals surface area contributed by atoms with Gasteiger partial charge in [0.25, 0.3) is 0 Å². The molecule has 0 aliphatic carbocycles. The van der Waals surface area contributed by atoms with Crippen molar-refractivity contribution in [1.29, 1.82) is 0 Å². The number of nitrogens with zero attached hydrogens (tertiary/aromatic N) is 1. The fraction of sp³-hybridized carbons (Fsp3) is 0.375. The molecule has 0 saturated carbocycles. The van der Waals surface area contributed by atoms with Crippen LogP contribution in [-0.2, 0) is 0 Å². The number of thiazole rings is 1. The Morgan fingerprint density at radius 1 is 1.41 bits per heavy atom. The van der Waals surface area contributed by atoms with E-state index in [9.17, 15) is 9.90 Å². The van der Waals surface area contributed by atoms with E-state index >= 15 is 0 Å². The quantitative estimate of drug-likeness (QED) is 0.781. The van der Waals surface area contributed by atoms with Gasteiger partial charge in [-0.3, -0.25) is 0 Å². The maximum absolute atomic E-state index is 11.2. The second-order valence-electron chi connectivity index (χ2n) is 4.78. The van der Waals surface area contributed by atoms with Crippen LogP contribution in [0, 0.1) is 6.92 Å². The van der Waals surface area contributed by atoms with Gasteiger partial charge in [-0.2, -0.15) is 0 Å². The van der Waals surface area contributed by atoms with E-state index in [2.05, 4.69) is 11.9 Å². The molecule has 0 amide bonds. The summed E-state index contributed by atoms with van der Waals surface area (Å²) in [7, 11) is 1.58. The van der Waals surface area contributed by atoms with Gasteiger partial charge in [0.1, 0.15) is 9.88 Å². The van der Waals surface area contributed by atoms with Gasteiger partial charge in [-0.1, -0.05) is 19.4 Å². The van der Waals surface area contributed by atoms with Gasteiger partial charge < -0.3 is 14.6 Å². The number of rotatable bonds is 7. The maximum atomic E-state index is 11.2. The number of aryl methyl sites for hydroxylation is 1. The lowest BCUT2D eigenvalue weighted by atomic mass is 10.2. The maximum Gasteiger partial charge on any atom is 0.347 e. The Hall–Kier alpha value is -2.08. The first-order valence-electron chi connectivity index (χ1n) is 7.09. The van der Waals surface area contributed by atoms with E-state index in [0.717, 1.165) is 29.7 Å². The fourth-order valence-electron chi connectivity index (χ4n) is 2.02. The van der Waals surface area contributed by atoms with Gasteiger partial charge in [0.05, 0.1) is 25.0 Å². The molecule has 1 N–H and O–H groups in total. The van der Waals surface area contributed by atoms with Crippen molar-refractivity contribution >= 4 is 17.3 Å². The first-order chi connectivity index (χ1) is 10.6. The largest absolute Gasteiger partial charge is 0.493 e. The molecule has 0 saturated heterocycles. The standard InChI is InChI=1S/C16H19NO4S/c1-4-5-9-21-13-11(7-6-8-12(13)20-3)15-17-10(2)14(22-15)16(18)19/h6-8H,4-5,9H2,1-3H3,(H,18,19). The summed E-state index contributed by atoms with van der Waals surface area (Å²) < 4.78 is 11.2. The Morgan fingerprint density at radius 2 is 2.18 bits per heavy atom. The third-order valence-corrected chi connectivity index (χ3v) is 4.34. The number of methoxy groups -OCH3 is 1. The lowest BCUT2D eigenvalue weighted by molar-refractivity contribution is 0.0701. The van der Waals surface area contributed by atoms with Crippen molar-refractivity contribution in [1.82, 2.24) is 4.98 Å².